The Balaban J connectivity index is 1.30. The van der Waals surface area contributed by atoms with Gasteiger partial charge in [0.25, 0.3) is 0 Å². The van der Waals surface area contributed by atoms with E-state index >= 15 is 0 Å². The van der Waals surface area contributed by atoms with Crippen LogP contribution < -0.4 is 9.47 Å². The first-order valence-corrected chi connectivity index (χ1v) is 19.7. The van der Waals surface area contributed by atoms with Crippen LogP contribution in [0.25, 0.3) is 0 Å². The van der Waals surface area contributed by atoms with Crippen molar-refractivity contribution in [3.05, 3.63) is 47.5 Å². The first kappa shape index (κ1) is 45.9. The maximum Gasteiger partial charge on any atom is 0.342 e. The highest BCUT2D eigenvalue weighted by molar-refractivity contribution is 5.93. The van der Waals surface area contributed by atoms with E-state index in [1.165, 1.54) is 36.4 Å². The number of aliphatic hydroxyl groups is 6. The number of carbonyl (C=O) groups is 2. The molecule has 0 amide bonds. The number of unbranched alkanes of at least 4 members (excludes halogenated alkanes) is 8. The third-order valence-corrected chi connectivity index (χ3v) is 9.77. The van der Waals surface area contributed by atoms with Crippen LogP contribution >= 0.6 is 0 Å². The van der Waals surface area contributed by atoms with Gasteiger partial charge in [0.1, 0.15) is 96.2 Å². The SMILES string of the molecule is CCCCCCCOc1ccc(C(=O)OC[C@H]2O[C@H](O[C@H]3O[C@H](COC(=O)c4ccc(OCCCCCCC)cc4O)[C@@H](O)[C@H](O)[C@H]3O)[C@H](O)[C@@H](O)[C@@H]2O)c(O)c1. The number of benzene rings is 2. The number of ether oxygens (including phenoxy) is 7. The van der Waals surface area contributed by atoms with E-state index in [9.17, 15) is 50.4 Å². The topological polar surface area (TPSA) is 261 Å². The molecule has 17 heteroatoms. The lowest BCUT2D eigenvalue weighted by molar-refractivity contribution is -0.376. The van der Waals surface area contributed by atoms with Gasteiger partial charge in [0.05, 0.1) is 13.2 Å². The molecule has 320 valence electrons. The second-order valence-corrected chi connectivity index (χ2v) is 14.2. The average molecular weight is 811 g/mol. The number of phenolic OH excluding ortho intramolecular Hbond substituents is 2. The molecule has 2 aliphatic rings. The van der Waals surface area contributed by atoms with E-state index in [-0.39, 0.29) is 11.1 Å². The van der Waals surface area contributed by atoms with Gasteiger partial charge in [-0.05, 0) is 37.1 Å². The molecule has 0 spiro atoms. The van der Waals surface area contributed by atoms with E-state index in [4.69, 9.17) is 33.2 Å². The quantitative estimate of drug-likeness (QED) is 0.0627. The minimum atomic E-state index is -1.94. The third-order valence-electron chi connectivity index (χ3n) is 9.77. The lowest BCUT2D eigenvalue weighted by atomic mass is 9.98. The summed E-state index contributed by atoms with van der Waals surface area (Å²) in [7, 11) is 0. The van der Waals surface area contributed by atoms with E-state index in [0.29, 0.717) is 24.7 Å². The predicted octanol–water partition coefficient (Wildman–Crippen LogP) is 2.44. The zero-order valence-electron chi connectivity index (χ0n) is 32.4. The molecule has 2 aliphatic heterocycles. The highest BCUT2D eigenvalue weighted by atomic mass is 16.8. The fourth-order valence-corrected chi connectivity index (χ4v) is 6.28. The molecular formula is C40H58O17. The number of hydrogen-bond donors (Lipinski definition) is 8. The van der Waals surface area contributed by atoms with Crippen molar-refractivity contribution in [2.45, 2.75) is 139 Å². The van der Waals surface area contributed by atoms with Crippen LogP contribution in [0, 0.1) is 0 Å². The number of phenols is 2. The number of hydrogen-bond acceptors (Lipinski definition) is 17. The summed E-state index contributed by atoms with van der Waals surface area (Å²) in [5.74, 6) is -2.13. The largest absolute Gasteiger partial charge is 0.507 e. The Morgan fingerprint density at radius 2 is 0.930 bits per heavy atom. The lowest BCUT2D eigenvalue weighted by Gasteiger charge is -2.44. The third kappa shape index (κ3) is 13.1. The van der Waals surface area contributed by atoms with Crippen molar-refractivity contribution in [3.8, 4) is 23.0 Å². The monoisotopic (exact) mass is 810 g/mol. The van der Waals surface area contributed by atoms with Gasteiger partial charge in [-0.2, -0.15) is 0 Å². The predicted molar refractivity (Wildman–Crippen MR) is 200 cm³/mol. The standard InChI is InChI=1S/C40H58O17/c1-3-5-7-9-11-17-51-23-13-15-25(27(41)19-23)37(49)53-21-29-31(43)33(45)35(47)39(55-29)57-40-36(48)34(46)32(44)30(56-40)22-54-38(50)26-16-14-24(20-28(26)42)52-18-12-10-8-6-4-2/h13-16,19-20,29-36,39-48H,3-12,17-18,21-22H2,1-2H3/t29-,30-,31-,32-,33+,34+,35-,36-,39-,40-/m1/s1. The Morgan fingerprint density at radius 1 is 0.544 bits per heavy atom. The molecule has 4 rings (SSSR count). The van der Waals surface area contributed by atoms with Crippen LogP contribution in [0.4, 0.5) is 0 Å². The smallest absolute Gasteiger partial charge is 0.342 e. The summed E-state index contributed by atoms with van der Waals surface area (Å²) < 4.78 is 38.4. The van der Waals surface area contributed by atoms with E-state index in [2.05, 4.69) is 13.8 Å². The second-order valence-electron chi connectivity index (χ2n) is 14.2. The van der Waals surface area contributed by atoms with Crippen molar-refractivity contribution < 1.29 is 83.6 Å². The van der Waals surface area contributed by atoms with Crippen molar-refractivity contribution in [1.82, 2.24) is 0 Å². The molecule has 17 nitrogen and oxygen atoms in total. The molecule has 0 radical (unpaired) electrons. The van der Waals surface area contributed by atoms with Crippen molar-refractivity contribution >= 4 is 11.9 Å². The molecule has 2 saturated heterocycles. The summed E-state index contributed by atoms with van der Waals surface area (Å²) in [5.41, 5.74) is -0.432. The Morgan fingerprint density at radius 3 is 1.30 bits per heavy atom. The average Bonchev–Trinajstić information content (AvgIpc) is 3.19. The molecule has 0 saturated carbocycles. The van der Waals surface area contributed by atoms with Crippen LogP contribution in [0.2, 0.25) is 0 Å². The number of aromatic hydroxyl groups is 2. The van der Waals surface area contributed by atoms with E-state index in [0.717, 1.165) is 64.2 Å². The molecule has 0 unspecified atom stereocenters. The first-order valence-electron chi connectivity index (χ1n) is 19.7. The summed E-state index contributed by atoms with van der Waals surface area (Å²) in [5, 5.41) is 84.4. The van der Waals surface area contributed by atoms with Gasteiger partial charge >= 0.3 is 11.9 Å². The minimum absolute atomic E-state index is 0.216. The summed E-state index contributed by atoms with van der Waals surface area (Å²) >= 11 is 0. The number of carbonyl (C=O) groups excluding carboxylic acids is 2. The molecule has 2 fully saturated rings. The molecule has 0 bridgehead atoms. The molecule has 8 N–H and O–H groups in total. The number of aliphatic hydroxyl groups excluding tert-OH is 6. The van der Waals surface area contributed by atoms with Gasteiger partial charge in [0.15, 0.2) is 12.6 Å². The number of esters is 2. The van der Waals surface area contributed by atoms with Gasteiger partial charge in [-0.25, -0.2) is 9.59 Å². The van der Waals surface area contributed by atoms with E-state index in [1.54, 1.807) is 0 Å². The highest BCUT2D eigenvalue weighted by Crippen LogP contribution is 2.31. The van der Waals surface area contributed by atoms with Gasteiger partial charge < -0.3 is 74.0 Å². The van der Waals surface area contributed by atoms with Crippen LogP contribution in [0.3, 0.4) is 0 Å². The molecule has 0 aliphatic carbocycles. The molecule has 0 aromatic heterocycles. The van der Waals surface area contributed by atoms with Crippen molar-refractivity contribution in [2.75, 3.05) is 26.4 Å². The normalized spacial score (nSPS) is 27.4. The van der Waals surface area contributed by atoms with Crippen LogP contribution in [0.15, 0.2) is 36.4 Å². The summed E-state index contributed by atoms with van der Waals surface area (Å²) in [6.45, 7) is 3.75. The van der Waals surface area contributed by atoms with Gasteiger partial charge in [-0.1, -0.05) is 65.2 Å². The molecular weight excluding hydrogens is 752 g/mol. The minimum Gasteiger partial charge on any atom is -0.507 e. The fourth-order valence-electron chi connectivity index (χ4n) is 6.28. The Kier molecular flexibility index (Phi) is 18.5. The van der Waals surface area contributed by atoms with Crippen LogP contribution in [0.5, 0.6) is 23.0 Å². The zero-order valence-corrected chi connectivity index (χ0v) is 32.4. The summed E-state index contributed by atoms with van der Waals surface area (Å²) in [6.07, 6.45) is -7.60. The molecule has 2 aromatic rings. The maximum absolute atomic E-state index is 12.8. The molecule has 2 aromatic carbocycles. The summed E-state index contributed by atoms with van der Waals surface area (Å²) in [4.78, 5) is 25.6. The van der Waals surface area contributed by atoms with Gasteiger partial charge in [-0.3, -0.25) is 0 Å². The number of rotatable bonds is 22. The van der Waals surface area contributed by atoms with E-state index < -0.39 is 98.1 Å². The van der Waals surface area contributed by atoms with Gasteiger partial charge in [0, 0.05) is 12.1 Å². The van der Waals surface area contributed by atoms with Crippen molar-refractivity contribution in [2.24, 2.45) is 0 Å². The zero-order chi connectivity index (χ0) is 41.5. The lowest BCUT2D eigenvalue weighted by Crippen LogP contribution is -2.64. The van der Waals surface area contributed by atoms with E-state index in [1.807, 2.05) is 0 Å². The van der Waals surface area contributed by atoms with Crippen molar-refractivity contribution in [3.63, 3.8) is 0 Å². The molecule has 10 atom stereocenters. The molecule has 2 heterocycles. The van der Waals surface area contributed by atoms with Crippen LogP contribution in [-0.2, 0) is 23.7 Å². The first-order chi connectivity index (χ1) is 27.4. The van der Waals surface area contributed by atoms with Gasteiger partial charge in [0.2, 0.25) is 0 Å². The highest BCUT2D eigenvalue weighted by Gasteiger charge is 2.50. The molecule has 57 heavy (non-hydrogen) atoms. The Hall–Kier alpha value is -3.78. The Labute approximate surface area is 331 Å². The maximum atomic E-state index is 12.8. The van der Waals surface area contributed by atoms with Gasteiger partial charge in [-0.15, -0.1) is 0 Å². The van der Waals surface area contributed by atoms with Crippen molar-refractivity contribution in [1.29, 1.82) is 0 Å². The van der Waals surface area contributed by atoms with Crippen LogP contribution in [-0.4, -0.2) is 141 Å². The summed E-state index contributed by atoms with van der Waals surface area (Å²) in [6, 6.07) is 8.10. The fraction of sp³-hybridized carbons (Fsp3) is 0.650. The second kappa shape index (κ2) is 23.0. The van der Waals surface area contributed by atoms with Crippen LogP contribution in [0.1, 0.15) is 98.8 Å². The Bertz CT molecular complexity index is 1430.